The summed E-state index contributed by atoms with van der Waals surface area (Å²) in [6.45, 7) is 3.11. The number of hydrogen-bond acceptors (Lipinski definition) is 2. The highest BCUT2D eigenvalue weighted by atomic mass is 79.9. The SMILES string of the molecule is Cc1cc(Br)cc(CC(C)N)c1OCC(F)F. The molecule has 2 N–H and O–H groups in total. The lowest BCUT2D eigenvalue weighted by atomic mass is 10.0. The number of rotatable bonds is 5. The van der Waals surface area contributed by atoms with Gasteiger partial charge in [0.1, 0.15) is 12.4 Å². The Balaban J connectivity index is 2.98. The molecular formula is C12H16BrF2NO. The van der Waals surface area contributed by atoms with Crippen LogP contribution in [0.5, 0.6) is 5.75 Å². The molecule has 5 heteroatoms. The highest BCUT2D eigenvalue weighted by molar-refractivity contribution is 9.10. The van der Waals surface area contributed by atoms with E-state index in [1.807, 2.05) is 26.0 Å². The van der Waals surface area contributed by atoms with Gasteiger partial charge in [-0.1, -0.05) is 15.9 Å². The molecule has 0 bridgehead atoms. The van der Waals surface area contributed by atoms with E-state index < -0.39 is 13.0 Å². The van der Waals surface area contributed by atoms with E-state index >= 15 is 0 Å². The summed E-state index contributed by atoms with van der Waals surface area (Å²) in [4.78, 5) is 0. The van der Waals surface area contributed by atoms with Crippen molar-refractivity contribution in [2.24, 2.45) is 5.73 Å². The molecule has 0 heterocycles. The second-order valence-corrected chi connectivity index (χ2v) is 5.01. The van der Waals surface area contributed by atoms with E-state index in [4.69, 9.17) is 10.5 Å². The third kappa shape index (κ3) is 4.60. The predicted octanol–water partition coefficient (Wildman–Crippen LogP) is 3.29. The molecule has 1 rings (SSSR count). The van der Waals surface area contributed by atoms with Gasteiger partial charge in [0.2, 0.25) is 0 Å². The molecule has 0 aliphatic heterocycles. The van der Waals surface area contributed by atoms with Crippen LogP contribution < -0.4 is 10.5 Å². The van der Waals surface area contributed by atoms with Crippen molar-refractivity contribution >= 4 is 15.9 Å². The molecule has 1 unspecified atom stereocenters. The van der Waals surface area contributed by atoms with Gasteiger partial charge in [0.25, 0.3) is 6.43 Å². The molecule has 0 amide bonds. The Labute approximate surface area is 108 Å². The molecule has 96 valence electrons. The minimum Gasteiger partial charge on any atom is -0.487 e. The Morgan fingerprint density at radius 2 is 2.06 bits per heavy atom. The number of benzene rings is 1. The van der Waals surface area contributed by atoms with Gasteiger partial charge in [0, 0.05) is 10.5 Å². The van der Waals surface area contributed by atoms with E-state index in [9.17, 15) is 8.78 Å². The molecule has 0 fully saturated rings. The first-order valence-corrected chi connectivity index (χ1v) is 6.15. The largest absolute Gasteiger partial charge is 0.487 e. The summed E-state index contributed by atoms with van der Waals surface area (Å²) in [6.07, 6.45) is -1.88. The van der Waals surface area contributed by atoms with Gasteiger partial charge in [-0.25, -0.2) is 8.78 Å². The Morgan fingerprint density at radius 1 is 1.41 bits per heavy atom. The molecule has 0 spiro atoms. The molecular weight excluding hydrogens is 292 g/mol. The number of aryl methyl sites for hydroxylation is 1. The molecule has 0 radical (unpaired) electrons. The lowest BCUT2D eigenvalue weighted by Crippen LogP contribution is -2.19. The molecule has 1 aromatic rings. The number of nitrogens with two attached hydrogens (primary N) is 1. The van der Waals surface area contributed by atoms with E-state index in [0.29, 0.717) is 12.2 Å². The van der Waals surface area contributed by atoms with Crippen molar-refractivity contribution in [1.82, 2.24) is 0 Å². The Hall–Kier alpha value is -0.680. The first kappa shape index (κ1) is 14.4. The minimum absolute atomic E-state index is 0.0439. The minimum atomic E-state index is -2.47. The number of ether oxygens (including phenoxy) is 1. The van der Waals surface area contributed by atoms with Gasteiger partial charge in [0.15, 0.2) is 0 Å². The zero-order valence-corrected chi connectivity index (χ0v) is 11.4. The van der Waals surface area contributed by atoms with Crippen molar-refractivity contribution in [3.05, 3.63) is 27.7 Å². The molecule has 0 aliphatic carbocycles. The van der Waals surface area contributed by atoms with E-state index in [1.165, 1.54) is 0 Å². The van der Waals surface area contributed by atoms with E-state index in [1.54, 1.807) is 0 Å². The van der Waals surface area contributed by atoms with Crippen LogP contribution in [0.25, 0.3) is 0 Å². The van der Waals surface area contributed by atoms with Crippen LogP contribution in [0, 0.1) is 6.92 Å². The summed E-state index contributed by atoms with van der Waals surface area (Å²) in [5.74, 6) is 0.519. The lowest BCUT2D eigenvalue weighted by molar-refractivity contribution is 0.0810. The van der Waals surface area contributed by atoms with Gasteiger partial charge in [-0.05, 0) is 43.5 Å². The van der Waals surface area contributed by atoms with E-state index in [-0.39, 0.29) is 6.04 Å². The Kier molecular flexibility index (Phi) is 5.33. The van der Waals surface area contributed by atoms with E-state index in [2.05, 4.69) is 15.9 Å². The van der Waals surface area contributed by atoms with Crippen LogP contribution >= 0.6 is 15.9 Å². The van der Waals surface area contributed by atoms with Crippen LogP contribution in [0.2, 0.25) is 0 Å². The molecule has 0 saturated carbocycles. The maximum Gasteiger partial charge on any atom is 0.272 e. The first-order valence-electron chi connectivity index (χ1n) is 5.35. The molecule has 2 nitrogen and oxygen atoms in total. The molecule has 0 saturated heterocycles. The monoisotopic (exact) mass is 307 g/mol. The topological polar surface area (TPSA) is 35.2 Å². The fourth-order valence-electron chi connectivity index (χ4n) is 1.65. The third-order valence-electron chi connectivity index (χ3n) is 2.21. The normalized spacial score (nSPS) is 12.9. The summed E-state index contributed by atoms with van der Waals surface area (Å²) in [5.41, 5.74) is 7.41. The van der Waals surface area contributed by atoms with Gasteiger partial charge in [-0.3, -0.25) is 0 Å². The predicted molar refractivity (Wildman–Crippen MR) is 67.7 cm³/mol. The maximum absolute atomic E-state index is 12.2. The van der Waals surface area contributed by atoms with Crippen LogP contribution in [-0.2, 0) is 6.42 Å². The number of alkyl halides is 2. The summed E-state index contributed by atoms with van der Waals surface area (Å²) in [6, 6.07) is 3.65. The molecule has 0 aromatic heterocycles. The van der Waals surface area contributed by atoms with Crippen LogP contribution in [0.1, 0.15) is 18.1 Å². The zero-order chi connectivity index (χ0) is 13.0. The fourth-order valence-corrected chi connectivity index (χ4v) is 2.27. The van der Waals surface area contributed by atoms with Gasteiger partial charge >= 0.3 is 0 Å². The first-order chi connectivity index (χ1) is 7.90. The van der Waals surface area contributed by atoms with Crippen LogP contribution in [0.4, 0.5) is 8.78 Å². The van der Waals surface area contributed by atoms with Gasteiger partial charge in [0.05, 0.1) is 0 Å². The number of halogens is 3. The summed E-state index contributed by atoms with van der Waals surface area (Å²) in [7, 11) is 0. The molecule has 1 atom stereocenters. The van der Waals surface area contributed by atoms with Crippen LogP contribution in [0.15, 0.2) is 16.6 Å². The van der Waals surface area contributed by atoms with Gasteiger partial charge in [-0.15, -0.1) is 0 Å². The van der Waals surface area contributed by atoms with Crippen LogP contribution in [0.3, 0.4) is 0 Å². The van der Waals surface area contributed by atoms with E-state index in [0.717, 1.165) is 15.6 Å². The second kappa shape index (κ2) is 6.31. The quantitative estimate of drug-likeness (QED) is 0.906. The highest BCUT2D eigenvalue weighted by Gasteiger charge is 2.13. The summed E-state index contributed by atoms with van der Waals surface area (Å²) >= 11 is 3.37. The lowest BCUT2D eigenvalue weighted by Gasteiger charge is -2.16. The van der Waals surface area contributed by atoms with Crippen molar-refractivity contribution in [1.29, 1.82) is 0 Å². The number of hydrogen-bond donors (Lipinski definition) is 1. The second-order valence-electron chi connectivity index (χ2n) is 4.09. The van der Waals surface area contributed by atoms with Crippen molar-refractivity contribution < 1.29 is 13.5 Å². The molecule has 17 heavy (non-hydrogen) atoms. The highest BCUT2D eigenvalue weighted by Crippen LogP contribution is 2.29. The molecule has 0 aliphatic rings. The van der Waals surface area contributed by atoms with Gasteiger partial charge in [-0.2, -0.15) is 0 Å². The standard InChI is InChI=1S/C12H16BrF2NO/c1-7-3-10(13)5-9(4-8(2)16)12(7)17-6-11(14)15/h3,5,8,11H,4,6,16H2,1-2H3. The Bertz CT molecular complexity index is 383. The van der Waals surface area contributed by atoms with Crippen molar-refractivity contribution in [3.8, 4) is 5.75 Å². The van der Waals surface area contributed by atoms with Crippen molar-refractivity contribution in [2.45, 2.75) is 32.7 Å². The van der Waals surface area contributed by atoms with Crippen molar-refractivity contribution in [2.75, 3.05) is 6.61 Å². The average molecular weight is 308 g/mol. The zero-order valence-electron chi connectivity index (χ0n) is 9.84. The summed E-state index contributed by atoms with van der Waals surface area (Å²) in [5, 5.41) is 0. The smallest absolute Gasteiger partial charge is 0.272 e. The van der Waals surface area contributed by atoms with Crippen molar-refractivity contribution in [3.63, 3.8) is 0 Å². The maximum atomic E-state index is 12.2. The summed E-state index contributed by atoms with van der Waals surface area (Å²) < 4.78 is 30.4. The Morgan fingerprint density at radius 3 is 2.59 bits per heavy atom. The van der Waals surface area contributed by atoms with Crippen LogP contribution in [-0.4, -0.2) is 19.1 Å². The average Bonchev–Trinajstić information content (AvgIpc) is 2.14. The molecule has 1 aromatic carbocycles. The van der Waals surface area contributed by atoms with Gasteiger partial charge < -0.3 is 10.5 Å². The third-order valence-corrected chi connectivity index (χ3v) is 2.67. The fraction of sp³-hybridized carbons (Fsp3) is 0.500.